The predicted octanol–water partition coefficient (Wildman–Crippen LogP) is 4.61. The zero-order valence-corrected chi connectivity index (χ0v) is 19.7. The molecule has 0 aromatic heterocycles. The minimum Gasteiger partial charge on any atom is -0.483 e. The third-order valence-electron chi connectivity index (χ3n) is 4.51. The molecule has 180 valence electrons. The molecule has 0 radical (unpaired) electrons. The molecule has 0 aliphatic heterocycles. The second kappa shape index (κ2) is 12.4. The van der Waals surface area contributed by atoms with Crippen molar-refractivity contribution in [3.05, 3.63) is 85.0 Å². The number of hydrogen-bond donors (Lipinski definition) is 1. The van der Waals surface area contributed by atoms with Crippen molar-refractivity contribution in [1.82, 2.24) is 0 Å². The Morgan fingerprint density at radius 1 is 0.735 bits per heavy atom. The number of aliphatic hydroxyl groups excluding tert-OH is 1. The van der Waals surface area contributed by atoms with Crippen LogP contribution in [0, 0.1) is 0 Å². The maximum Gasteiger partial charge on any atom is 0.333 e. The molecule has 0 spiro atoms. The van der Waals surface area contributed by atoms with Crippen LogP contribution in [-0.2, 0) is 19.1 Å². The van der Waals surface area contributed by atoms with Crippen LogP contribution in [0.4, 0.5) is 0 Å². The van der Waals surface area contributed by atoms with Gasteiger partial charge in [0.1, 0.15) is 24.7 Å². The quantitative estimate of drug-likeness (QED) is 0.211. The second-order valence-electron chi connectivity index (χ2n) is 7.86. The molecule has 0 fully saturated rings. The van der Waals surface area contributed by atoms with Gasteiger partial charge in [-0.2, -0.15) is 0 Å². The van der Waals surface area contributed by atoms with Crippen LogP contribution in [0.5, 0.6) is 11.5 Å². The van der Waals surface area contributed by atoms with E-state index >= 15 is 0 Å². The van der Waals surface area contributed by atoms with Crippen molar-refractivity contribution in [2.75, 3.05) is 13.2 Å². The van der Waals surface area contributed by atoms with Gasteiger partial charge in [-0.1, -0.05) is 44.0 Å². The highest BCUT2D eigenvalue weighted by molar-refractivity contribution is 5.87. The Balaban J connectivity index is 2.05. The topological polar surface area (TPSA) is 91.3 Å². The summed E-state index contributed by atoms with van der Waals surface area (Å²) in [7, 11) is 0. The van der Waals surface area contributed by atoms with Crippen LogP contribution in [0.1, 0.15) is 20.8 Å². The molecular weight excluding hydrogens is 436 g/mol. The van der Waals surface area contributed by atoms with Crippen LogP contribution in [0.15, 0.2) is 85.0 Å². The van der Waals surface area contributed by atoms with E-state index in [0.29, 0.717) is 17.1 Å². The summed E-state index contributed by atoms with van der Waals surface area (Å²) in [4.78, 5) is 23.5. The van der Waals surface area contributed by atoms with Crippen molar-refractivity contribution in [2.45, 2.75) is 33.2 Å². The van der Waals surface area contributed by atoms with Gasteiger partial charge in [-0.15, -0.1) is 0 Å². The lowest BCUT2D eigenvalue weighted by Gasteiger charge is -2.19. The van der Waals surface area contributed by atoms with Crippen molar-refractivity contribution in [3.8, 4) is 22.6 Å². The molecule has 7 heteroatoms. The van der Waals surface area contributed by atoms with E-state index in [1.807, 2.05) is 24.3 Å². The first-order valence-electron chi connectivity index (χ1n) is 10.6. The largest absolute Gasteiger partial charge is 0.483 e. The minimum atomic E-state index is -1.06. The van der Waals surface area contributed by atoms with Crippen LogP contribution in [0.3, 0.4) is 0 Å². The van der Waals surface area contributed by atoms with E-state index in [0.717, 1.165) is 11.1 Å². The highest BCUT2D eigenvalue weighted by Crippen LogP contribution is 2.26. The molecule has 1 atom stereocenters. The molecule has 0 amide bonds. The lowest BCUT2D eigenvalue weighted by atomic mass is 10.1. The normalized spacial score (nSPS) is 11.3. The highest BCUT2D eigenvalue weighted by Gasteiger charge is 2.18. The van der Waals surface area contributed by atoms with Crippen molar-refractivity contribution in [3.63, 3.8) is 0 Å². The standard InChI is InChI=1S/C27H30O7/c1-17(2)25(28)31-15-24(16-32-26(29)18(3)4)33-22-11-7-20(8-12-22)21-9-13-23(14-10-21)34-27(30)19(5)6/h7-14,24,27,30H,1,3,5,15-16H2,2,4,6H3. The molecule has 2 rings (SSSR count). The summed E-state index contributed by atoms with van der Waals surface area (Å²) >= 11 is 0. The molecule has 34 heavy (non-hydrogen) atoms. The summed E-state index contributed by atoms with van der Waals surface area (Å²) in [5.74, 6) is -0.0802. The van der Waals surface area contributed by atoms with Crippen molar-refractivity contribution >= 4 is 11.9 Å². The first-order valence-corrected chi connectivity index (χ1v) is 10.6. The number of ether oxygens (including phenoxy) is 4. The number of carbonyl (C=O) groups is 2. The van der Waals surface area contributed by atoms with Gasteiger partial charge in [0, 0.05) is 11.1 Å². The molecule has 0 saturated heterocycles. The van der Waals surface area contributed by atoms with E-state index in [1.54, 1.807) is 45.0 Å². The number of esters is 2. The van der Waals surface area contributed by atoms with Gasteiger partial charge in [-0.3, -0.25) is 0 Å². The Kier molecular flexibility index (Phi) is 9.64. The minimum absolute atomic E-state index is 0.117. The molecule has 1 N–H and O–H groups in total. The lowest BCUT2D eigenvalue weighted by Crippen LogP contribution is -2.31. The van der Waals surface area contributed by atoms with E-state index in [2.05, 4.69) is 19.7 Å². The zero-order chi connectivity index (χ0) is 25.3. The van der Waals surface area contributed by atoms with Crippen LogP contribution in [0.2, 0.25) is 0 Å². The Hall–Kier alpha value is -3.84. The van der Waals surface area contributed by atoms with E-state index in [1.165, 1.54) is 0 Å². The van der Waals surface area contributed by atoms with Gasteiger partial charge in [0.05, 0.1) is 0 Å². The summed E-state index contributed by atoms with van der Waals surface area (Å²) in [5, 5.41) is 9.76. The van der Waals surface area contributed by atoms with E-state index in [4.69, 9.17) is 18.9 Å². The smallest absolute Gasteiger partial charge is 0.333 e. The number of carbonyl (C=O) groups excluding carboxylic acids is 2. The number of benzene rings is 2. The molecule has 0 saturated carbocycles. The van der Waals surface area contributed by atoms with E-state index in [-0.39, 0.29) is 24.4 Å². The Morgan fingerprint density at radius 3 is 1.47 bits per heavy atom. The molecule has 0 bridgehead atoms. The Bertz CT molecular complexity index is 1010. The van der Waals surface area contributed by atoms with Gasteiger partial charge in [0.15, 0.2) is 6.10 Å². The molecular formula is C27H30O7. The first-order chi connectivity index (χ1) is 16.1. The van der Waals surface area contributed by atoms with Gasteiger partial charge in [0.2, 0.25) is 6.29 Å². The fourth-order valence-electron chi connectivity index (χ4n) is 2.57. The highest BCUT2D eigenvalue weighted by atomic mass is 16.6. The van der Waals surface area contributed by atoms with Gasteiger partial charge in [-0.05, 0) is 61.7 Å². The van der Waals surface area contributed by atoms with Crippen molar-refractivity contribution in [2.24, 2.45) is 0 Å². The van der Waals surface area contributed by atoms with E-state index < -0.39 is 24.3 Å². The average molecular weight is 467 g/mol. The summed E-state index contributed by atoms with van der Waals surface area (Å²) in [6.45, 7) is 15.3. The number of hydrogen-bond acceptors (Lipinski definition) is 7. The zero-order valence-electron chi connectivity index (χ0n) is 19.7. The average Bonchev–Trinajstić information content (AvgIpc) is 2.81. The fraction of sp³-hybridized carbons (Fsp3) is 0.259. The molecule has 2 aromatic carbocycles. The van der Waals surface area contributed by atoms with Crippen LogP contribution < -0.4 is 9.47 Å². The maximum atomic E-state index is 11.7. The molecule has 2 aromatic rings. The molecule has 0 aliphatic rings. The molecule has 0 aliphatic carbocycles. The fourth-order valence-corrected chi connectivity index (χ4v) is 2.57. The van der Waals surface area contributed by atoms with Gasteiger partial charge in [-0.25, -0.2) is 9.59 Å². The van der Waals surface area contributed by atoms with Gasteiger partial charge < -0.3 is 24.1 Å². The molecule has 1 unspecified atom stereocenters. The second-order valence-corrected chi connectivity index (χ2v) is 7.86. The van der Waals surface area contributed by atoms with Crippen LogP contribution in [-0.4, -0.2) is 42.7 Å². The third kappa shape index (κ3) is 8.26. The molecule has 0 heterocycles. The lowest BCUT2D eigenvalue weighted by molar-refractivity contribution is -0.146. The van der Waals surface area contributed by atoms with Gasteiger partial charge in [0.25, 0.3) is 0 Å². The predicted molar refractivity (Wildman–Crippen MR) is 129 cm³/mol. The Morgan fingerprint density at radius 2 is 1.12 bits per heavy atom. The van der Waals surface area contributed by atoms with Gasteiger partial charge >= 0.3 is 11.9 Å². The summed E-state index contributed by atoms with van der Waals surface area (Å²) in [6, 6.07) is 14.5. The van der Waals surface area contributed by atoms with Crippen molar-refractivity contribution < 1.29 is 33.6 Å². The SMILES string of the molecule is C=C(C)C(=O)OCC(COC(=O)C(=C)C)Oc1ccc(-c2ccc(OC(O)C(=C)C)cc2)cc1. The van der Waals surface area contributed by atoms with E-state index in [9.17, 15) is 14.7 Å². The molecule has 7 nitrogen and oxygen atoms in total. The maximum absolute atomic E-state index is 11.7. The van der Waals surface area contributed by atoms with Crippen LogP contribution in [0.25, 0.3) is 11.1 Å². The third-order valence-corrected chi connectivity index (χ3v) is 4.51. The Labute approximate surface area is 199 Å². The summed E-state index contributed by atoms with van der Waals surface area (Å²) in [6.07, 6.45) is -1.77. The van der Waals surface area contributed by atoms with Crippen molar-refractivity contribution in [1.29, 1.82) is 0 Å². The monoisotopic (exact) mass is 466 g/mol. The van der Waals surface area contributed by atoms with Crippen LogP contribution >= 0.6 is 0 Å². The first kappa shape index (κ1) is 26.4. The summed E-state index contributed by atoms with van der Waals surface area (Å²) in [5.41, 5.74) is 2.89. The number of aliphatic hydroxyl groups is 1. The summed E-state index contributed by atoms with van der Waals surface area (Å²) < 4.78 is 21.6. The number of rotatable bonds is 12.